The zero-order valence-corrected chi connectivity index (χ0v) is 23.4. The van der Waals surface area contributed by atoms with Gasteiger partial charge in [-0.3, -0.25) is 19.2 Å². The Morgan fingerprint density at radius 1 is 1.05 bits per heavy atom. The van der Waals surface area contributed by atoms with Gasteiger partial charge in [-0.05, 0) is 42.9 Å². The molecule has 1 saturated heterocycles. The topological polar surface area (TPSA) is 127 Å². The normalized spacial score (nSPS) is 22.0. The van der Waals surface area contributed by atoms with Crippen LogP contribution < -0.4 is 15.4 Å². The van der Waals surface area contributed by atoms with Gasteiger partial charge in [0, 0.05) is 40.3 Å². The Bertz CT molecular complexity index is 977. The maximum absolute atomic E-state index is 13.6. The third kappa shape index (κ3) is 9.21. The van der Waals surface area contributed by atoms with E-state index in [1.807, 2.05) is 26.0 Å². The van der Waals surface area contributed by atoms with Gasteiger partial charge in [0.2, 0.25) is 17.7 Å². The molecule has 3 aliphatic heterocycles. The number of methoxy groups -OCH3 is 2. The highest BCUT2D eigenvalue weighted by Gasteiger charge is 2.32. The van der Waals surface area contributed by atoms with Crippen LogP contribution in [0.25, 0.3) is 0 Å². The summed E-state index contributed by atoms with van der Waals surface area (Å²) in [7, 11) is 3.18. The van der Waals surface area contributed by atoms with E-state index < -0.39 is 23.9 Å². The third-order valence-electron chi connectivity index (χ3n) is 7.01. The van der Waals surface area contributed by atoms with E-state index in [2.05, 4.69) is 10.6 Å². The van der Waals surface area contributed by atoms with E-state index in [0.29, 0.717) is 25.3 Å². The van der Waals surface area contributed by atoms with Gasteiger partial charge in [-0.1, -0.05) is 26.0 Å². The number of rotatable bonds is 7. The van der Waals surface area contributed by atoms with Gasteiger partial charge in [0.25, 0.3) is 5.91 Å². The Kier molecular flexibility index (Phi) is 11.5. The molecule has 0 radical (unpaired) electrons. The fourth-order valence-electron chi connectivity index (χ4n) is 4.87. The molecule has 1 aromatic carbocycles. The van der Waals surface area contributed by atoms with E-state index in [-0.39, 0.29) is 56.6 Å². The Morgan fingerprint density at radius 3 is 2.36 bits per heavy atom. The van der Waals surface area contributed by atoms with Gasteiger partial charge in [0.15, 0.2) is 6.61 Å². The highest BCUT2D eigenvalue weighted by molar-refractivity contribution is 5.93. The van der Waals surface area contributed by atoms with Gasteiger partial charge >= 0.3 is 0 Å². The molecule has 4 rings (SSSR count). The standard InChI is InChI=1S/C28H42N4O7/c1-19(2)15-23-28(36)32(13-14-37-3)17-25(33)29-24(27(35)31-11-9-21(38-4)10-12-31)16-20-5-7-22(8-6-20)39-18-26(34)30-23/h5-8,19,21,23-24H,9-18H2,1-4H3,(H,29,33)(H,30,34)/t23-,24+/m0/s1. The molecule has 0 saturated carbocycles. The molecule has 11 nitrogen and oxygen atoms in total. The first-order chi connectivity index (χ1) is 18.7. The van der Waals surface area contributed by atoms with Crippen molar-refractivity contribution in [3.05, 3.63) is 29.8 Å². The predicted molar refractivity (Wildman–Crippen MR) is 144 cm³/mol. The maximum atomic E-state index is 13.6. The highest BCUT2D eigenvalue weighted by Crippen LogP contribution is 2.18. The van der Waals surface area contributed by atoms with Crippen LogP contribution in [0.4, 0.5) is 0 Å². The average molecular weight is 547 g/mol. The smallest absolute Gasteiger partial charge is 0.258 e. The van der Waals surface area contributed by atoms with E-state index in [0.717, 1.165) is 18.4 Å². The first-order valence-electron chi connectivity index (χ1n) is 13.6. The van der Waals surface area contributed by atoms with Crippen molar-refractivity contribution in [3.8, 4) is 5.75 Å². The summed E-state index contributed by atoms with van der Waals surface area (Å²) in [4.78, 5) is 56.2. The van der Waals surface area contributed by atoms with Crippen molar-refractivity contribution in [2.24, 2.45) is 5.92 Å². The lowest BCUT2D eigenvalue weighted by Crippen LogP contribution is -2.56. The van der Waals surface area contributed by atoms with E-state index >= 15 is 0 Å². The first-order valence-corrected chi connectivity index (χ1v) is 13.6. The summed E-state index contributed by atoms with van der Waals surface area (Å²) < 4.78 is 16.2. The molecule has 3 heterocycles. The minimum atomic E-state index is -0.833. The quantitative estimate of drug-likeness (QED) is 0.484. The largest absolute Gasteiger partial charge is 0.484 e. The summed E-state index contributed by atoms with van der Waals surface area (Å²) in [6, 6.07) is 5.45. The van der Waals surface area contributed by atoms with Gasteiger partial charge in [-0.25, -0.2) is 0 Å². The van der Waals surface area contributed by atoms with Gasteiger partial charge in [-0.15, -0.1) is 0 Å². The molecular weight excluding hydrogens is 504 g/mol. The van der Waals surface area contributed by atoms with E-state index in [1.165, 1.54) is 12.0 Å². The SMILES string of the molecule is COCCN1CC(=O)N[C@@H](C(=O)N2CCC(OC)CC2)Cc2ccc(cc2)OCC(=O)N[C@@H](CC(C)C)C1=O. The molecule has 0 spiro atoms. The second-order valence-corrected chi connectivity index (χ2v) is 10.5. The number of benzene rings is 1. The van der Waals surface area contributed by atoms with Crippen molar-refractivity contribution >= 4 is 23.6 Å². The number of likely N-dealkylation sites (tertiary alicyclic amines) is 1. The second-order valence-electron chi connectivity index (χ2n) is 10.5. The van der Waals surface area contributed by atoms with Crippen LogP contribution >= 0.6 is 0 Å². The van der Waals surface area contributed by atoms with E-state index in [9.17, 15) is 19.2 Å². The van der Waals surface area contributed by atoms with Gasteiger partial charge < -0.3 is 34.6 Å². The summed E-state index contributed by atoms with van der Waals surface area (Å²) in [5, 5.41) is 5.66. The molecule has 3 aliphatic rings. The van der Waals surface area contributed by atoms with Crippen molar-refractivity contribution in [1.29, 1.82) is 0 Å². The van der Waals surface area contributed by atoms with Gasteiger partial charge in [0.05, 0.1) is 19.3 Å². The van der Waals surface area contributed by atoms with Crippen LogP contribution in [0.2, 0.25) is 0 Å². The molecule has 0 unspecified atom stereocenters. The summed E-state index contributed by atoms with van der Waals surface area (Å²) in [5.41, 5.74) is 0.827. The molecule has 1 aromatic rings. The predicted octanol–water partition coefficient (Wildman–Crippen LogP) is 0.750. The minimum Gasteiger partial charge on any atom is -0.484 e. The highest BCUT2D eigenvalue weighted by atomic mass is 16.5. The Labute approximate surface area is 230 Å². The molecule has 2 N–H and O–H groups in total. The van der Waals surface area contributed by atoms with Gasteiger partial charge in [0.1, 0.15) is 17.8 Å². The van der Waals surface area contributed by atoms with Crippen LogP contribution in [0.1, 0.15) is 38.7 Å². The number of fused-ring (bicyclic) bond motifs is 13. The maximum Gasteiger partial charge on any atom is 0.258 e. The van der Waals surface area contributed by atoms with Gasteiger partial charge in [-0.2, -0.15) is 0 Å². The molecule has 1 fully saturated rings. The summed E-state index contributed by atoms with van der Waals surface area (Å²) >= 11 is 0. The van der Waals surface area contributed by atoms with Crippen LogP contribution in [0.15, 0.2) is 24.3 Å². The Balaban J connectivity index is 1.88. The Morgan fingerprint density at radius 2 is 1.74 bits per heavy atom. The molecule has 4 amide bonds. The Hall–Kier alpha value is -3.18. The van der Waals surface area contributed by atoms with Crippen LogP contribution in [0.3, 0.4) is 0 Å². The van der Waals surface area contributed by atoms with Crippen molar-refractivity contribution in [2.75, 3.05) is 53.6 Å². The van der Waals surface area contributed by atoms with E-state index in [4.69, 9.17) is 14.2 Å². The summed E-state index contributed by atoms with van der Waals surface area (Å²) in [6.45, 7) is 4.86. The van der Waals surface area contributed by atoms with Crippen LogP contribution in [-0.4, -0.2) is 105 Å². The lowest BCUT2D eigenvalue weighted by molar-refractivity contribution is -0.142. The van der Waals surface area contributed by atoms with E-state index in [1.54, 1.807) is 24.1 Å². The fourth-order valence-corrected chi connectivity index (χ4v) is 4.87. The number of hydrogen-bond donors (Lipinski definition) is 2. The number of carbonyl (C=O) groups excluding carboxylic acids is 4. The lowest BCUT2D eigenvalue weighted by Gasteiger charge is -2.34. The number of piperidine rings is 1. The first kappa shape index (κ1) is 30.4. The monoisotopic (exact) mass is 546 g/mol. The van der Waals surface area contributed by atoms with Crippen LogP contribution in [0.5, 0.6) is 5.75 Å². The molecular formula is C28H42N4O7. The van der Waals surface area contributed by atoms with Crippen molar-refractivity contribution in [1.82, 2.24) is 20.4 Å². The number of carbonyl (C=O) groups is 4. The zero-order chi connectivity index (χ0) is 28.4. The van der Waals surface area contributed by atoms with Crippen LogP contribution in [-0.2, 0) is 35.1 Å². The molecule has 2 bridgehead atoms. The zero-order valence-electron chi connectivity index (χ0n) is 23.4. The summed E-state index contributed by atoms with van der Waals surface area (Å²) in [6.07, 6.45) is 2.25. The molecule has 0 aliphatic carbocycles. The van der Waals surface area contributed by atoms with Crippen molar-refractivity contribution in [3.63, 3.8) is 0 Å². The molecule has 0 aromatic heterocycles. The molecule has 39 heavy (non-hydrogen) atoms. The lowest BCUT2D eigenvalue weighted by atomic mass is 10.0. The fraction of sp³-hybridized carbons (Fsp3) is 0.643. The van der Waals surface area contributed by atoms with Crippen LogP contribution in [0, 0.1) is 5.92 Å². The number of amides is 4. The van der Waals surface area contributed by atoms with Crippen molar-refractivity contribution < 1.29 is 33.4 Å². The molecule has 11 heteroatoms. The molecule has 2 atom stereocenters. The number of nitrogens with one attached hydrogen (secondary N) is 2. The molecule has 216 valence electrons. The number of hydrogen-bond acceptors (Lipinski definition) is 7. The summed E-state index contributed by atoms with van der Waals surface area (Å²) in [5.74, 6) is -0.831. The number of ether oxygens (including phenoxy) is 3. The number of nitrogens with zero attached hydrogens (tertiary/aromatic N) is 2. The average Bonchev–Trinajstić information content (AvgIpc) is 2.92. The van der Waals surface area contributed by atoms with Crippen molar-refractivity contribution in [2.45, 2.75) is 57.7 Å². The minimum absolute atomic E-state index is 0.112. The second kappa shape index (κ2) is 14.8. The third-order valence-corrected chi connectivity index (χ3v) is 7.01.